The first-order valence-electron chi connectivity index (χ1n) is 6.70. The van der Waals surface area contributed by atoms with Crippen LogP contribution >= 0.6 is 0 Å². The highest BCUT2D eigenvalue weighted by molar-refractivity contribution is 7.88. The Morgan fingerprint density at radius 3 is 2.26 bits per heavy atom. The summed E-state index contributed by atoms with van der Waals surface area (Å²) in [6.07, 6.45) is 1.31. The second-order valence-corrected chi connectivity index (χ2v) is 7.83. The second kappa shape index (κ2) is 4.49. The predicted octanol–water partition coefficient (Wildman–Crippen LogP) is 1.32. The standard InChI is InChI=1S/C14H20N2O2S/c1-11-4-3-5-14(6-11)15-7-12-9-16(19(2,17)18)10-13(12)8-15/h3-6,12-13H,7-10H2,1-2H3. The number of nitrogens with zero attached hydrogens (tertiary/aromatic N) is 2. The van der Waals surface area contributed by atoms with Crippen molar-refractivity contribution < 1.29 is 8.42 Å². The van der Waals surface area contributed by atoms with E-state index in [0.29, 0.717) is 24.9 Å². The highest BCUT2D eigenvalue weighted by Gasteiger charge is 2.42. The van der Waals surface area contributed by atoms with E-state index in [0.717, 1.165) is 13.1 Å². The van der Waals surface area contributed by atoms with Gasteiger partial charge >= 0.3 is 0 Å². The van der Waals surface area contributed by atoms with Crippen LogP contribution in [0.4, 0.5) is 5.69 Å². The maximum atomic E-state index is 11.6. The molecule has 2 unspecified atom stereocenters. The van der Waals surface area contributed by atoms with Gasteiger partial charge in [0.2, 0.25) is 10.0 Å². The van der Waals surface area contributed by atoms with E-state index in [1.54, 1.807) is 4.31 Å². The van der Waals surface area contributed by atoms with Gasteiger partial charge in [0, 0.05) is 31.9 Å². The molecule has 1 aromatic rings. The van der Waals surface area contributed by atoms with Crippen molar-refractivity contribution in [3.63, 3.8) is 0 Å². The van der Waals surface area contributed by atoms with Crippen LogP contribution in [-0.4, -0.2) is 45.2 Å². The number of fused-ring (bicyclic) bond motifs is 1. The molecule has 4 nitrogen and oxygen atoms in total. The molecular weight excluding hydrogens is 260 g/mol. The van der Waals surface area contributed by atoms with Gasteiger partial charge in [0.1, 0.15) is 0 Å². The second-order valence-electron chi connectivity index (χ2n) is 5.84. The van der Waals surface area contributed by atoms with Crippen molar-refractivity contribution >= 4 is 15.7 Å². The fourth-order valence-corrected chi connectivity index (χ4v) is 4.18. The summed E-state index contributed by atoms with van der Waals surface area (Å²) < 4.78 is 24.8. The largest absolute Gasteiger partial charge is 0.371 e. The molecule has 2 heterocycles. The molecule has 0 amide bonds. The van der Waals surface area contributed by atoms with Crippen LogP contribution in [0.15, 0.2) is 24.3 Å². The van der Waals surface area contributed by atoms with Crippen LogP contribution < -0.4 is 4.90 Å². The van der Waals surface area contributed by atoms with Gasteiger partial charge in [-0.25, -0.2) is 12.7 Å². The molecule has 0 spiro atoms. The summed E-state index contributed by atoms with van der Waals surface area (Å²) in [6, 6.07) is 8.53. The minimum atomic E-state index is -3.02. The number of rotatable bonds is 2. The topological polar surface area (TPSA) is 40.6 Å². The molecular formula is C14H20N2O2S. The monoisotopic (exact) mass is 280 g/mol. The first kappa shape index (κ1) is 12.9. The number of anilines is 1. The van der Waals surface area contributed by atoms with E-state index in [1.165, 1.54) is 17.5 Å². The summed E-state index contributed by atoms with van der Waals surface area (Å²) in [5.41, 5.74) is 2.53. The lowest BCUT2D eigenvalue weighted by Gasteiger charge is -2.22. The van der Waals surface area contributed by atoms with Crippen molar-refractivity contribution in [2.75, 3.05) is 37.3 Å². The normalized spacial score (nSPS) is 27.8. The van der Waals surface area contributed by atoms with Crippen LogP contribution in [0.5, 0.6) is 0 Å². The van der Waals surface area contributed by atoms with Crippen LogP contribution in [-0.2, 0) is 10.0 Å². The Morgan fingerprint density at radius 2 is 1.74 bits per heavy atom. The molecule has 2 fully saturated rings. The van der Waals surface area contributed by atoms with Crippen LogP contribution in [0.2, 0.25) is 0 Å². The van der Waals surface area contributed by atoms with Gasteiger partial charge in [-0.15, -0.1) is 0 Å². The highest BCUT2D eigenvalue weighted by Crippen LogP contribution is 2.34. The molecule has 0 N–H and O–H groups in total. The van der Waals surface area contributed by atoms with E-state index in [2.05, 4.69) is 36.1 Å². The minimum absolute atomic E-state index is 0.482. The Bertz CT molecular complexity index is 571. The average Bonchev–Trinajstić information content (AvgIpc) is 2.85. The highest BCUT2D eigenvalue weighted by atomic mass is 32.2. The molecule has 2 saturated heterocycles. The molecule has 104 valence electrons. The summed E-state index contributed by atoms with van der Waals surface area (Å²) in [4.78, 5) is 2.39. The Morgan fingerprint density at radius 1 is 1.11 bits per heavy atom. The molecule has 0 aromatic heterocycles. The fourth-order valence-electron chi connectivity index (χ4n) is 3.26. The third-order valence-corrected chi connectivity index (χ3v) is 5.52. The van der Waals surface area contributed by atoms with Gasteiger partial charge in [-0.05, 0) is 36.5 Å². The van der Waals surface area contributed by atoms with Crippen LogP contribution in [0.3, 0.4) is 0 Å². The Balaban J connectivity index is 1.72. The molecule has 1 aromatic carbocycles. The van der Waals surface area contributed by atoms with Gasteiger partial charge in [-0.3, -0.25) is 0 Å². The number of sulfonamides is 1. The summed E-state index contributed by atoms with van der Waals surface area (Å²) in [5.74, 6) is 0.963. The molecule has 2 aliphatic rings. The van der Waals surface area contributed by atoms with Crippen molar-refractivity contribution in [3.05, 3.63) is 29.8 Å². The van der Waals surface area contributed by atoms with Gasteiger partial charge in [-0.1, -0.05) is 12.1 Å². The van der Waals surface area contributed by atoms with Crippen LogP contribution in [0.1, 0.15) is 5.56 Å². The van der Waals surface area contributed by atoms with Crippen LogP contribution in [0, 0.1) is 18.8 Å². The number of benzene rings is 1. The smallest absolute Gasteiger partial charge is 0.211 e. The maximum Gasteiger partial charge on any atom is 0.211 e. The molecule has 0 saturated carbocycles. The van der Waals surface area contributed by atoms with E-state index in [9.17, 15) is 8.42 Å². The SMILES string of the molecule is Cc1cccc(N2CC3CN(S(C)(=O)=O)CC3C2)c1. The van der Waals surface area contributed by atoms with E-state index >= 15 is 0 Å². The van der Waals surface area contributed by atoms with Gasteiger partial charge in [-0.2, -0.15) is 0 Å². The van der Waals surface area contributed by atoms with Gasteiger partial charge in [0.15, 0.2) is 0 Å². The Hall–Kier alpha value is -1.07. The van der Waals surface area contributed by atoms with Crippen molar-refractivity contribution in [3.8, 4) is 0 Å². The summed E-state index contributed by atoms with van der Waals surface area (Å²) in [6.45, 7) is 5.42. The number of hydrogen-bond acceptors (Lipinski definition) is 3. The molecule has 0 radical (unpaired) electrons. The third kappa shape index (κ3) is 2.49. The minimum Gasteiger partial charge on any atom is -0.371 e. The van der Waals surface area contributed by atoms with E-state index < -0.39 is 10.0 Å². The molecule has 0 aliphatic carbocycles. The lowest BCUT2D eigenvalue weighted by Crippen LogP contribution is -2.32. The third-order valence-electron chi connectivity index (χ3n) is 4.29. The zero-order chi connectivity index (χ0) is 13.6. The van der Waals surface area contributed by atoms with Gasteiger partial charge in [0.05, 0.1) is 6.26 Å². The van der Waals surface area contributed by atoms with Gasteiger partial charge in [0.25, 0.3) is 0 Å². The van der Waals surface area contributed by atoms with Crippen molar-refractivity contribution in [1.29, 1.82) is 0 Å². The Labute approximate surface area is 115 Å². The van der Waals surface area contributed by atoms with Crippen molar-refractivity contribution in [1.82, 2.24) is 4.31 Å². The summed E-state index contributed by atoms with van der Waals surface area (Å²) in [7, 11) is -3.02. The zero-order valence-electron chi connectivity index (χ0n) is 11.4. The molecule has 2 aliphatic heterocycles. The lowest BCUT2D eigenvalue weighted by molar-refractivity contribution is 0.458. The van der Waals surface area contributed by atoms with Crippen LogP contribution in [0.25, 0.3) is 0 Å². The Kier molecular flexibility index (Phi) is 3.06. The lowest BCUT2D eigenvalue weighted by atomic mass is 10.0. The predicted molar refractivity (Wildman–Crippen MR) is 76.8 cm³/mol. The molecule has 0 bridgehead atoms. The fraction of sp³-hybridized carbons (Fsp3) is 0.571. The first-order valence-corrected chi connectivity index (χ1v) is 8.55. The van der Waals surface area contributed by atoms with E-state index in [-0.39, 0.29) is 0 Å². The quantitative estimate of drug-likeness (QED) is 0.820. The zero-order valence-corrected chi connectivity index (χ0v) is 12.2. The van der Waals surface area contributed by atoms with E-state index in [1.807, 2.05) is 0 Å². The molecule has 2 atom stereocenters. The maximum absolute atomic E-state index is 11.6. The molecule has 3 rings (SSSR count). The molecule has 19 heavy (non-hydrogen) atoms. The number of hydrogen-bond donors (Lipinski definition) is 0. The summed E-state index contributed by atoms with van der Waals surface area (Å²) >= 11 is 0. The van der Waals surface area contributed by atoms with Gasteiger partial charge < -0.3 is 4.90 Å². The van der Waals surface area contributed by atoms with Crippen molar-refractivity contribution in [2.24, 2.45) is 11.8 Å². The summed E-state index contributed by atoms with van der Waals surface area (Å²) in [5, 5.41) is 0. The van der Waals surface area contributed by atoms with E-state index in [4.69, 9.17) is 0 Å². The molecule has 5 heteroatoms. The average molecular weight is 280 g/mol. The first-order chi connectivity index (χ1) is 8.93. The van der Waals surface area contributed by atoms with Crippen molar-refractivity contribution in [2.45, 2.75) is 6.92 Å². The number of aryl methyl sites for hydroxylation is 1.